The lowest BCUT2D eigenvalue weighted by Crippen LogP contribution is -2.48. The Hall–Kier alpha value is -0.160. The fourth-order valence-electron chi connectivity index (χ4n) is 2.61. The van der Waals surface area contributed by atoms with Crippen molar-refractivity contribution in [2.75, 3.05) is 52.4 Å². The van der Waals surface area contributed by atoms with Crippen LogP contribution in [0, 0.1) is 0 Å². The zero-order chi connectivity index (χ0) is 13.9. The van der Waals surface area contributed by atoms with Gasteiger partial charge in [-0.25, -0.2) is 0 Å². The molecule has 0 aromatic heterocycles. The fraction of sp³-hybridized carbons (Fsp3) is 1.00. The Morgan fingerprint density at radius 2 is 1.68 bits per heavy atom. The first-order valence-corrected chi connectivity index (χ1v) is 8.09. The SMILES string of the molecule is CCCCN(CCCC)CC(O)CN1CCNCC1. The minimum absolute atomic E-state index is 0.202. The van der Waals surface area contributed by atoms with E-state index in [0.717, 1.165) is 52.4 Å². The summed E-state index contributed by atoms with van der Waals surface area (Å²) in [5.74, 6) is 0. The van der Waals surface area contributed by atoms with Gasteiger partial charge < -0.3 is 15.3 Å². The third-order valence-corrected chi connectivity index (χ3v) is 3.80. The summed E-state index contributed by atoms with van der Waals surface area (Å²) in [4.78, 5) is 4.82. The van der Waals surface area contributed by atoms with E-state index in [9.17, 15) is 5.11 Å². The topological polar surface area (TPSA) is 38.7 Å². The standard InChI is InChI=1S/C15H33N3O/c1-3-5-9-17(10-6-4-2)13-15(19)14-18-11-7-16-8-12-18/h15-16,19H,3-14H2,1-2H3. The summed E-state index contributed by atoms with van der Waals surface area (Å²) < 4.78 is 0. The summed E-state index contributed by atoms with van der Waals surface area (Å²) in [5, 5.41) is 13.6. The molecule has 0 aromatic rings. The molecule has 1 fully saturated rings. The van der Waals surface area contributed by atoms with Gasteiger partial charge in [0, 0.05) is 39.3 Å². The van der Waals surface area contributed by atoms with Gasteiger partial charge in [0.2, 0.25) is 0 Å². The normalized spacial score (nSPS) is 18.9. The maximum atomic E-state index is 10.3. The third-order valence-electron chi connectivity index (χ3n) is 3.80. The fourth-order valence-corrected chi connectivity index (χ4v) is 2.61. The first-order valence-electron chi connectivity index (χ1n) is 8.09. The second-order valence-corrected chi connectivity index (χ2v) is 5.71. The maximum absolute atomic E-state index is 10.3. The number of piperazine rings is 1. The molecule has 1 heterocycles. The number of rotatable bonds is 10. The molecule has 1 aliphatic rings. The molecule has 1 unspecified atom stereocenters. The van der Waals surface area contributed by atoms with E-state index in [0.29, 0.717) is 0 Å². The van der Waals surface area contributed by atoms with Gasteiger partial charge in [0.05, 0.1) is 6.10 Å². The first kappa shape index (κ1) is 16.9. The molecular formula is C15H33N3O. The van der Waals surface area contributed by atoms with Crippen LogP contribution in [0.15, 0.2) is 0 Å². The summed E-state index contributed by atoms with van der Waals surface area (Å²) in [5.41, 5.74) is 0. The van der Waals surface area contributed by atoms with E-state index < -0.39 is 0 Å². The number of unbranched alkanes of at least 4 members (excludes halogenated alkanes) is 2. The molecule has 0 spiro atoms. The van der Waals surface area contributed by atoms with Gasteiger partial charge in [-0.05, 0) is 25.9 Å². The van der Waals surface area contributed by atoms with Crippen LogP contribution < -0.4 is 5.32 Å². The van der Waals surface area contributed by atoms with Crippen molar-refractivity contribution in [3.8, 4) is 0 Å². The highest BCUT2D eigenvalue weighted by molar-refractivity contribution is 4.73. The Morgan fingerprint density at radius 1 is 1.11 bits per heavy atom. The van der Waals surface area contributed by atoms with Gasteiger partial charge in [0.25, 0.3) is 0 Å². The van der Waals surface area contributed by atoms with Crippen molar-refractivity contribution < 1.29 is 5.11 Å². The quantitative estimate of drug-likeness (QED) is 0.625. The number of hydrogen-bond acceptors (Lipinski definition) is 4. The highest BCUT2D eigenvalue weighted by Gasteiger charge is 2.16. The van der Waals surface area contributed by atoms with Crippen LogP contribution in [-0.2, 0) is 0 Å². The average molecular weight is 271 g/mol. The van der Waals surface area contributed by atoms with Crippen LogP contribution >= 0.6 is 0 Å². The highest BCUT2D eigenvalue weighted by atomic mass is 16.3. The molecule has 4 heteroatoms. The number of nitrogens with zero attached hydrogens (tertiary/aromatic N) is 2. The predicted molar refractivity (Wildman–Crippen MR) is 81.6 cm³/mol. The molecule has 0 bridgehead atoms. The number of aliphatic hydroxyl groups excluding tert-OH is 1. The predicted octanol–water partition coefficient (Wildman–Crippen LogP) is 1.15. The third kappa shape index (κ3) is 7.88. The van der Waals surface area contributed by atoms with E-state index in [1.54, 1.807) is 0 Å². The van der Waals surface area contributed by atoms with E-state index >= 15 is 0 Å². The molecule has 1 rings (SSSR count). The smallest absolute Gasteiger partial charge is 0.0793 e. The van der Waals surface area contributed by atoms with E-state index in [4.69, 9.17) is 0 Å². The zero-order valence-electron chi connectivity index (χ0n) is 12.9. The van der Waals surface area contributed by atoms with Gasteiger partial charge in [-0.1, -0.05) is 26.7 Å². The summed E-state index contributed by atoms with van der Waals surface area (Å²) >= 11 is 0. The Balaban J connectivity index is 2.25. The summed E-state index contributed by atoms with van der Waals surface area (Å²) in [6.45, 7) is 12.7. The van der Waals surface area contributed by atoms with Crippen LogP contribution in [0.3, 0.4) is 0 Å². The van der Waals surface area contributed by atoms with Gasteiger partial charge in [-0.15, -0.1) is 0 Å². The number of nitrogens with one attached hydrogen (secondary N) is 1. The zero-order valence-corrected chi connectivity index (χ0v) is 12.9. The lowest BCUT2D eigenvalue weighted by atomic mass is 10.2. The Kier molecular flexibility index (Phi) is 9.43. The van der Waals surface area contributed by atoms with Crippen molar-refractivity contribution in [2.45, 2.75) is 45.6 Å². The Morgan fingerprint density at radius 3 is 2.21 bits per heavy atom. The van der Waals surface area contributed by atoms with Gasteiger partial charge in [0.15, 0.2) is 0 Å². The van der Waals surface area contributed by atoms with Crippen LogP contribution in [0.2, 0.25) is 0 Å². The monoisotopic (exact) mass is 271 g/mol. The van der Waals surface area contributed by atoms with Crippen molar-refractivity contribution in [3.63, 3.8) is 0 Å². The van der Waals surface area contributed by atoms with E-state index in [2.05, 4.69) is 29.0 Å². The van der Waals surface area contributed by atoms with Gasteiger partial charge in [-0.3, -0.25) is 4.90 Å². The van der Waals surface area contributed by atoms with Crippen LogP contribution in [0.4, 0.5) is 0 Å². The lowest BCUT2D eigenvalue weighted by Gasteiger charge is -2.31. The molecule has 0 radical (unpaired) electrons. The summed E-state index contributed by atoms with van der Waals surface area (Å²) in [6, 6.07) is 0. The second kappa shape index (κ2) is 10.6. The maximum Gasteiger partial charge on any atom is 0.0793 e. The average Bonchev–Trinajstić information content (AvgIpc) is 2.43. The molecule has 2 N–H and O–H groups in total. The van der Waals surface area contributed by atoms with Gasteiger partial charge >= 0.3 is 0 Å². The molecule has 0 aromatic carbocycles. The van der Waals surface area contributed by atoms with Gasteiger partial charge in [0.1, 0.15) is 0 Å². The molecule has 1 saturated heterocycles. The molecule has 4 nitrogen and oxygen atoms in total. The molecule has 1 atom stereocenters. The lowest BCUT2D eigenvalue weighted by molar-refractivity contribution is 0.0684. The van der Waals surface area contributed by atoms with E-state index in [1.807, 2.05) is 0 Å². The largest absolute Gasteiger partial charge is 0.390 e. The summed E-state index contributed by atoms with van der Waals surface area (Å²) in [6.07, 6.45) is 4.74. The van der Waals surface area contributed by atoms with Crippen molar-refractivity contribution in [1.82, 2.24) is 15.1 Å². The van der Waals surface area contributed by atoms with E-state index in [1.165, 1.54) is 25.7 Å². The molecule has 0 saturated carbocycles. The molecule has 1 aliphatic heterocycles. The van der Waals surface area contributed by atoms with Crippen LogP contribution in [0.5, 0.6) is 0 Å². The Bertz CT molecular complexity index is 200. The second-order valence-electron chi connectivity index (χ2n) is 5.71. The molecular weight excluding hydrogens is 238 g/mol. The van der Waals surface area contributed by atoms with E-state index in [-0.39, 0.29) is 6.10 Å². The minimum Gasteiger partial charge on any atom is -0.390 e. The highest BCUT2D eigenvalue weighted by Crippen LogP contribution is 2.03. The number of aliphatic hydroxyl groups is 1. The molecule has 114 valence electrons. The summed E-state index contributed by atoms with van der Waals surface area (Å²) in [7, 11) is 0. The van der Waals surface area contributed by atoms with Crippen molar-refractivity contribution in [1.29, 1.82) is 0 Å². The molecule has 19 heavy (non-hydrogen) atoms. The van der Waals surface area contributed by atoms with Crippen molar-refractivity contribution >= 4 is 0 Å². The molecule has 0 aliphatic carbocycles. The van der Waals surface area contributed by atoms with Crippen molar-refractivity contribution in [3.05, 3.63) is 0 Å². The van der Waals surface area contributed by atoms with Crippen LogP contribution in [-0.4, -0.2) is 73.4 Å². The van der Waals surface area contributed by atoms with Crippen LogP contribution in [0.1, 0.15) is 39.5 Å². The number of β-amino-alcohol motifs (C(OH)–C–C–N with tert-alkyl or cyclic N) is 1. The van der Waals surface area contributed by atoms with Crippen molar-refractivity contribution in [2.24, 2.45) is 0 Å². The van der Waals surface area contributed by atoms with Crippen LogP contribution in [0.25, 0.3) is 0 Å². The number of hydrogen-bond donors (Lipinski definition) is 2. The van der Waals surface area contributed by atoms with Gasteiger partial charge in [-0.2, -0.15) is 0 Å². The minimum atomic E-state index is -0.202. The first-order chi connectivity index (χ1) is 9.26. The molecule has 0 amide bonds. The Labute approximate surface area is 119 Å².